The molecule has 158 valence electrons. The predicted molar refractivity (Wildman–Crippen MR) is 116 cm³/mol. The van der Waals surface area contributed by atoms with Crippen LogP contribution in [0.15, 0.2) is 42.5 Å². The highest BCUT2D eigenvalue weighted by Gasteiger charge is 2.25. The second-order valence-corrected chi connectivity index (χ2v) is 8.24. The smallest absolute Gasteiger partial charge is 0.254 e. The fourth-order valence-corrected chi connectivity index (χ4v) is 4.12. The Morgan fingerprint density at radius 2 is 1.67 bits per heavy atom. The van der Waals surface area contributed by atoms with Crippen LogP contribution in [0.1, 0.15) is 39.1 Å². The number of amides is 2. The van der Waals surface area contributed by atoms with Crippen LogP contribution in [0.5, 0.6) is 11.5 Å². The van der Waals surface area contributed by atoms with Crippen LogP contribution in [0, 0.1) is 0 Å². The Morgan fingerprint density at radius 1 is 0.967 bits per heavy atom. The van der Waals surface area contributed by atoms with E-state index in [1.165, 1.54) is 12.8 Å². The van der Waals surface area contributed by atoms with Crippen molar-refractivity contribution >= 4 is 11.8 Å². The number of carbonyl (C=O) groups excluding carboxylic acids is 2. The summed E-state index contributed by atoms with van der Waals surface area (Å²) in [5.41, 5.74) is 2.44. The lowest BCUT2D eigenvalue weighted by molar-refractivity contribution is 0.0723. The summed E-state index contributed by atoms with van der Waals surface area (Å²) in [5.74, 6) is 1.45. The second kappa shape index (κ2) is 8.88. The largest absolute Gasteiger partial charge is 0.457 e. The highest BCUT2D eigenvalue weighted by atomic mass is 16.5. The van der Waals surface area contributed by atoms with Gasteiger partial charge in [0.05, 0.1) is 0 Å². The van der Waals surface area contributed by atoms with E-state index in [0.717, 1.165) is 50.3 Å². The number of carbonyl (C=O) groups is 2. The third-order valence-corrected chi connectivity index (χ3v) is 5.87. The number of likely N-dealkylation sites (tertiary alicyclic amines) is 1. The maximum Gasteiger partial charge on any atom is 0.254 e. The zero-order valence-electron chi connectivity index (χ0n) is 17.8. The van der Waals surface area contributed by atoms with Crippen LogP contribution >= 0.6 is 0 Å². The van der Waals surface area contributed by atoms with Gasteiger partial charge in [-0.15, -0.1) is 0 Å². The Hall–Kier alpha value is -2.86. The van der Waals surface area contributed by atoms with Crippen molar-refractivity contribution in [2.45, 2.75) is 19.3 Å². The summed E-state index contributed by atoms with van der Waals surface area (Å²) in [6, 6.07) is 12.8. The SMILES string of the molecule is CN(C)C(=O)c1ccc(Oc2ccc3c(c2)CCN(CCN2CCCC2)C3=O)cc1. The summed E-state index contributed by atoms with van der Waals surface area (Å²) >= 11 is 0. The number of fused-ring (bicyclic) bond motifs is 1. The molecule has 2 aromatic rings. The average Bonchev–Trinajstić information content (AvgIpc) is 3.27. The Balaban J connectivity index is 1.39. The molecule has 2 heterocycles. The van der Waals surface area contributed by atoms with Crippen molar-refractivity contribution in [3.8, 4) is 11.5 Å². The van der Waals surface area contributed by atoms with E-state index in [1.807, 2.05) is 23.1 Å². The van der Waals surface area contributed by atoms with E-state index in [4.69, 9.17) is 4.74 Å². The lowest BCUT2D eigenvalue weighted by atomic mass is 9.98. The van der Waals surface area contributed by atoms with Crippen LogP contribution in [-0.2, 0) is 6.42 Å². The van der Waals surface area contributed by atoms with Crippen molar-refractivity contribution in [2.24, 2.45) is 0 Å². The van der Waals surface area contributed by atoms with Crippen molar-refractivity contribution < 1.29 is 14.3 Å². The van der Waals surface area contributed by atoms with E-state index in [9.17, 15) is 9.59 Å². The highest BCUT2D eigenvalue weighted by molar-refractivity contribution is 5.97. The molecule has 6 nitrogen and oxygen atoms in total. The Bertz CT molecular complexity index is 918. The molecular weight excluding hydrogens is 378 g/mol. The van der Waals surface area contributed by atoms with Gasteiger partial charge in [-0.3, -0.25) is 9.59 Å². The van der Waals surface area contributed by atoms with Gasteiger partial charge in [0, 0.05) is 44.9 Å². The molecule has 1 fully saturated rings. The fraction of sp³-hybridized carbons (Fsp3) is 0.417. The third-order valence-electron chi connectivity index (χ3n) is 5.87. The number of hydrogen-bond donors (Lipinski definition) is 0. The van der Waals surface area contributed by atoms with E-state index in [1.54, 1.807) is 43.3 Å². The van der Waals surface area contributed by atoms with Crippen LogP contribution in [-0.4, -0.2) is 73.3 Å². The normalized spacial score (nSPS) is 16.5. The highest BCUT2D eigenvalue weighted by Crippen LogP contribution is 2.28. The molecular formula is C24H29N3O3. The molecule has 0 aliphatic carbocycles. The summed E-state index contributed by atoms with van der Waals surface area (Å²) in [5, 5.41) is 0. The Morgan fingerprint density at radius 3 is 2.37 bits per heavy atom. The summed E-state index contributed by atoms with van der Waals surface area (Å²) in [7, 11) is 3.46. The molecule has 0 aromatic heterocycles. The molecule has 2 amide bonds. The number of rotatable bonds is 6. The fourth-order valence-electron chi connectivity index (χ4n) is 4.12. The van der Waals surface area contributed by atoms with Crippen LogP contribution in [0.4, 0.5) is 0 Å². The van der Waals surface area contributed by atoms with Gasteiger partial charge in [0.2, 0.25) is 0 Å². The molecule has 0 atom stereocenters. The number of hydrogen-bond acceptors (Lipinski definition) is 4. The van der Waals surface area contributed by atoms with Crippen molar-refractivity contribution in [2.75, 3.05) is 46.8 Å². The van der Waals surface area contributed by atoms with Gasteiger partial charge < -0.3 is 19.4 Å². The maximum atomic E-state index is 12.9. The zero-order chi connectivity index (χ0) is 21.1. The van der Waals surface area contributed by atoms with Gasteiger partial charge in [0.25, 0.3) is 11.8 Å². The van der Waals surface area contributed by atoms with Crippen LogP contribution in [0.3, 0.4) is 0 Å². The first-order chi connectivity index (χ1) is 14.5. The molecule has 0 N–H and O–H groups in total. The molecule has 30 heavy (non-hydrogen) atoms. The van der Waals surface area contributed by atoms with Gasteiger partial charge in [-0.2, -0.15) is 0 Å². The van der Waals surface area contributed by atoms with Crippen molar-refractivity contribution in [3.05, 3.63) is 59.2 Å². The van der Waals surface area contributed by atoms with Gasteiger partial charge in [-0.05, 0) is 80.4 Å². The van der Waals surface area contributed by atoms with E-state index in [-0.39, 0.29) is 11.8 Å². The Labute approximate surface area is 178 Å². The third kappa shape index (κ3) is 4.49. The molecule has 0 bridgehead atoms. The first kappa shape index (κ1) is 20.4. The lowest BCUT2D eigenvalue weighted by Gasteiger charge is -2.30. The average molecular weight is 408 g/mol. The second-order valence-electron chi connectivity index (χ2n) is 8.24. The van der Waals surface area contributed by atoms with Crippen molar-refractivity contribution in [3.63, 3.8) is 0 Å². The summed E-state index contributed by atoms with van der Waals surface area (Å²) < 4.78 is 5.96. The topological polar surface area (TPSA) is 53.1 Å². The molecule has 2 aromatic carbocycles. The van der Waals surface area contributed by atoms with E-state index in [0.29, 0.717) is 17.1 Å². The zero-order valence-corrected chi connectivity index (χ0v) is 17.8. The van der Waals surface area contributed by atoms with Gasteiger partial charge in [-0.25, -0.2) is 0 Å². The molecule has 0 saturated carbocycles. The molecule has 2 aliphatic rings. The van der Waals surface area contributed by atoms with Crippen molar-refractivity contribution in [1.82, 2.24) is 14.7 Å². The minimum atomic E-state index is -0.0388. The minimum absolute atomic E-state index is 0.0388. The van der Waals surface area contributed by atoms with Crippen LogP contribution in [0.25, 0.3) is 0 Å². The van der Waals surface area contributed by atoms with Crippen LogP contribution < -0.4 is 4.74 Å². The molecule has 0 unspecified atom stereocenters. The molecule has 0 radical (unpaired) electrons. The molecule has 0 spiro atoms. The van der Waals surface area contributed by atoms with Crippen molar-refractivity contribution in [1.29, 1.82) is 0 Å². The van der Waals surface area contributed by atoms with Gasteiger partial charge in [-0.1, -0.05) is 0 Å². The quantitative estimate of drug-likeness (QED) is 0.738. The minimum Gasteiger partial charge on any atom is -0.457 e. The Kier molecular flexibility index (Phi) is 6.04. The molecule has 6 heteroatoms. The van der Waals surface area contributed by atoms with Gasteiger partial charge >= 0.3 is 0 Å². The molecule has 1 saturated heterocycles. The standard InChI is InChI=1S/C24H29N3O3/c1-25(2)23(28)18-5-7-20(8-6-18)30-21-9-10-22-19(17-21)11-14-27(24(22)29)16-15-26-12-3-4-13-26/h5-10,17H,3-4,11-16H2,1-2H3. The van der Waals surface area contributed by atoms with Gasteiger partial charge in [0.15, 0.2) is 0 Å². The first-order valence-electron chi connectivity index (χ1n) is 10.7. The number of nitrogens with zero attached hydrogens (tertiary/aromatic N) is 3. The first-order valence-corrected chi connectivity index (χ1v) is 10.7. The van der Waals surface area contributed by atoms with E-state index in [2.05, 4.69) is 4.90 Å². The number of ether oxygens (including phenoxy) is 1. The lowest BCUT2D eigenvalue weighted by Crippen LogP contribution is -2.42. The summed E-state index contributed by atoms with van der Waals surface area (Å²) in [4.78, 5) is 30.8. The monoisotopic (exact) mass is 407 g/mol. The van der Waals surface area contributed by atoms with Gasteiger partial charge in [0.1, 0.15) is 11.5 Å². The molecule has 2 aliphatic heterocycles. The maximum absolute atomic E-state index is 12.9. The summed E-state index contributed by atoms with van der Waals surface area (Å²) in [6.07, 6.45) is 3.39. The summed E-state index contributed by atoms with van der Waals surface area (Å²) in [6.45, 7) is 4.83. The van der Waals surface area contributed by atoms with E-state index >= 15 is 0 Å². The number of benzene rings is 2. The molecule has 4 rings (SSSR count). The van der Waals surface area contributed by atoms with E-state index < -0.39 is 0 Å². The van der Waals surface area contributed by atoms with Crippen LogP contribution in [0.2, 0.25) is 0 Å². The predicted octanol–water partition coefficient (Wildman–Crippen LogP) is 3.27.